The number of nitrogens with zero attached hydrogens (tertiary/aromatic N) is 1. The van der Waals surface area contributed by atoms with Gasteiger partial charge in [0.15, 0.2) is 0 Å². The second kappa shape index (κ2) is 7.95. The zero-order valence-electron chi connectivity index (χ0n) is 14.1. The van der Waals surface area contributed by atoms with Crippen LogP contribution >= 0.6 is 0 Å². The summed E-state index contributed by atoms with van der Waals surface area (Å²) in [5, 5.41) is 2.71. The van der Waals surface area contributed by atoms with Gasteiger partial charge in [-0.15, -0.1) is 0 Å². The molecular formula is C18H24FN3O2. The second-order valence-corrected chi connectivity index (χ2v) is 6.47. The van der Waals surface area contributed by atoms with Gasteiger partial charge in [-0.05, 0) is 42.0 Å². The lowest BCUT2D eigenvalue weighted by molar-refractivity contribution is -0.120. The molecule has 1 heterocycles. The molecule has 0 aliphatic carbocycles. The molecule has 1 aliphatic rings. The van der Waals surface area contributed by atoms with Crippen LogP contribution < -0.4 is 11.1 Å². The molecule has 0 fully saturated rings. The van der Waals surface area contributed by atoms with Crippen LogP contribution in [-0.4, -0.2) is 36.0 Å². The lowest BCUT2D eigenvalue weighted by Crippen LogP contribution is -2.51. The number of nitrogens with two attached hydrogens (primary N) is 1. The summed E-state index contributed by atoms with van der Waals surface area (Å²) in [5.74, 6) is -0.524. The SMILES string of the molecule is CC(C)CC(NC(=O)N1CC=C(c2ccc(F)cc2)CC1)C(N)=O. The Balaban J connectivity index is 1.96. The van der Waals surface area contributed by atoms with Crippen LogP contribution in [0.15, 0.2) is 30.3 Å². The molecule has 1 aromatic carbocycles. The Morgan fingerprint density at radius 1 is 1.29 bits per heavy atom. The number of nitrogens with one attached hydrogen (secondary N) is 1. The van der Waals surface area contributed by atoms with Crippen LogP contribution in [0.1, 0.15) is 32.3 Å². The minimum absolute atomic E-state index is 0.258. The molecular weight excluding hydrogens is 309 g/mol. The predicted octanol–water partition coefficient (Wildman–Crippen LogP) is 2.52. The number of benzene rings is 1. The molecule has 1 atom stereocenters. The van der Waals surface area contributed by atoms with E-state index in [1.165, 1.54) is 12.1 Å². The number of hydrogen-bond donors (Lipinski definition) is 2. The lowest BCUT2D eigenvalue weighted by Gasteiger charge is -2.29. The average Bonchev–Trinajstić information content (AvgIpc) is 2.54. The Bertz CT molecular complexity index is 626. The van der Waals surface area contributed by atoms with Gasteiger partial charge in [0.05, 0.1) is 0 Å². The average molecular weight is 333 g/mol. The van der Waals surface area contributed by atoms with Gasteiger partial charge in [-0.3, -0.25) is 4.79 Å². The topological polar surface area (TPSA) is 75.4 Å². The van der Waals surface area contributed by atoms with Crippen LogP contribution in [-0.2, 0) is 4.79 Å². The van der Waals surface area contributed by atoms with E-state index in [1.807, 2.05) is 19.9 Å². The first kappa shape index (κ1) is 18.0. The van der Waals surface area contributed by atoms with Crippen molar-refractivity contribution in [3.63, 3.8) is 0 Å². The zero-order chi connectivity index (χ0) is 17.7. The third-order valence-electron chi connectivity index (χ3n) is 4.06. The summed E-state index contributed by atoms with van der Waals surface area (Å²) >= 11 is 0. The predicted molar refractivity (Wildman–Crippen MR) is 91.5 cm³/mol. The maximum Gasteiger partial charge on any atom is 0.318 e. The van der Waals surface area contributed by atoms with Crippen LogP contribution in [0, 0.1) is 11.7 Å². The van der Waals surface area contributed by atoms with E-state index in [0.717, 1.165) is 11.1 Å². The minimum atomic E-state index is -0.653. The van der Waals surface area contributed by atoms with Crippen molar-refractivity contribution in [3.8, 4) is 0 Å². The van der Waals surface area contributed by atoms with Crippen molar-refractivity contribution in [1.82, 2.24) is 10.2 Å². The molecule has 2 rings (SSSR count). The third kappa shape index (κ3) is 4.81. The van der Waals surface area contributed by atoms with Crippen molar-refractivity contribution in [2.75, 3.05) is 13.1 Å². The summed E-state index contributed by atoms with van der Waals surface area (Å²) < 4.78 is 13.0. The van der Waals surface area contributed by atoms with Crippen molar-refractivity contribution < 1.29 is 14.0 Å². The summed E-state index contributed by atoms with van der Waals surface area (Å²) in [6.45, 7) is 4.94. The first-order chi connectivity index (χ1) is 11.4. The molecule has 0 aromatic heterocycles. The molecule has 5 nitrogen and oxygen atoms in total. The monoisotopic (exact) mass is 333 g/mol. The van der Waals surface area contributed by atoms with Gasteiger partial charge in [0.25, 0.3) is 0 Å². The van der Waals surface area contributed by atoms with Crippen LogP contribution in [0.2, 0.25) is 0 Å². The van der Waals surface area contributed by atoms with E-state index < -0.39 is 11.9 Å². The van der Waals surface area contributed by atoms with Gasteiger partial charge in [0, 0.05) is 13.1 Å². The number of carbonyl (C=O) groups is 2. The highest BCUT2D eigenvalue weighted by Crippen LogP contribution is 2.22. The summed E-state index contributed by atoms with van der Waals surface area (Å²) in [4.78, 5) is 25.4. The number of rotatable bonds is 5. The number of amides is 3. The van der Waals surface area contributed by atoms with Crippen LogP contribution in [0.25, 0.3) is 5.57 Å². The van der Waals surface area contributed by atoms with Gasteiger partial charge >= 0.3 is 6.03 Å². The quantitative estimate of drug-likeness (QED) is 0.869. The van der Waals surface area contributed by atoms with Gasteiger partial charge in [0.2, 0.25) is 5.91 Å². The standard InChI is InChI=1S/C18H24FN3O2/c1-12(2)11-16(17(20)23)21-18(24)22-9-7-14(8-10-22)13-3-5-15(19)6-4-13/h3-7,12,16H,8-11H2,1-2H3,(H2,20,23)(H,21,24). The second-order valence-electron chi connectivity index (χ2n) is 6.47. The van der Waals surface area contributed by atoms with Gasteiger partial charge in [-0.25, -0.2) is 9.18 Å². The number of hydrogen-bond acceptors (Lipinski definition) is 2. The van der Waals surface area contributed by atoms with E-state index in [9.17, 15) is 14.0 Å². The zero-order valence-corrected chi connectivity index (χ0v) is 14.1. The smallest absolute Gasteiger partial charge is 0.318 e. The van der Waals surface area contributed by atoms with E-state index in [4.69, 9.17) is 5.73 Å². The largest absolute Gasteiger partial charge is 0.368 e. The molecule has 24 heavy (non-hydrogen) atoms. The molecule has 0 spiro atoms. The van der Waals surface area contributed by atoms with Crippen molar-refractivity contribution in [2.45, 2.75) is 32.7 Å². The van der Waals surface area contributed by atoms with Crippen LogP contribution in [0.5, 0.6) is 0 Å². The molecule has 0 saturated heterocycles. The fourth-order valence-corrected chi connectivity index (χ4v) is 2.74. The lowest BCUT2D eigenvalue weighted by atomic mass is 9.99. The summed E-state index contributed by atoms with van der Waals surface area (Å²) in [6.07, 6.45) is 3.16. The maximum absolute atomic E-state index is 13.0. The summed E-state index contributed by atoms with van der Waals surface area (Å²) in [5.41, 5.74) is 7.41. The highest BCUT2D eigenvalue weighted by atomic mass is 19.1. The number of urea groups is 1. The Hall–Kier alpha value is -2.37. The Kier molecular flexibility index (Phi) is 5.95. The molecule has 6 heteroatoms. The number of carbonyl (C=O) groups excluding carboxylic acids is 2. The number of halogens is 1. The normalized spacial score (nSPS) is 15.8. The fraction of sp³-hybridized carbons (Fsp3) is 0.444. The minimum Gasteiger partial charge on any atom is -0.368 e. The first-order valence-electron chi connectivity index (χ1n) is 8.16. The van der Waals surface area contributed by atoms with Gasteiger partial charge in [-0.2, -0.15) is 0 Å². The van der Waals surface area contributed by atoms with Crippen molar-refractivity contribution in [2.24, 2.45) is 11.7 Å². The Morgan fingerprint density at radius 3 is 2.46 bits per heavy atom. The molecule has 0 saturated carbocycles. The molecule has 1 aromatic rings. The van der Waals surface area contributed by atoms with Crippen molar-refractivity contribution in [3.05, 3.63) is 41.7 Å². The Morgan fingerprint density at radius 2 is 1.96 bits per heavy atom. The first-order valence-corrected chi connectivity index (χ1v) is 8.16. The summed E-state index contributed by atoms with van der Waals surface area (Å²) in [7, 11) is 0. The van der Waals surface area contributed by atoms with E-state index in [2.05, 4.69) is 5.32 Å². The molecule has 130 valence electrons. The molecule has 0 bridgehead atoms. The van der Waals surface area contributed by atoms with E-state index in [0.29, 0.717) is 25.9 Å². The summed E-state index contributed by atoms with van der Waals surface area (Å²) in [6, 6.07) is 5.40. The molecule has 1 unspecified atom stereocenters. The molecule has 1 aliphatic heterocycles. The Labute approximate surface area is 141 Å². The molecule has 3 N–H and O–H groups in total. The highest BCUT2D eigenvalue weighted by Gasteiger charge is 2.24. The van der Waals surface area contributed by atoms with E-state index in [1.54, 1.807) is 17.0 Å². The van der Waals surface area contributed by atoms with Gasteiger partial charge < -0.3 is 16.0 Å². The van der Waals surface area contributed by atoms with E-state index in [-0.39, 0.29) is 17.8 Å². The molecule has 0 radical (unpaired) electrons. The van der Waals surface area contributed by atoms with Crippen LogP contribution in [0.3, 0.4) is 0 Å². The van der Waals surface area contributed by atoms with Crippen molar-refractivity contribution in [1.29, 1.82) is 0 Å². The van der Waals surface area contributed by atoms with E-state index >= 15 is 0 Å². The number of primary amides is 1. The fourth-order valence-electron chi connectivity index (χ4n) is 2.74. The third-order valence-corrected chi connectivity index (χ3v) is 4.06. The van der Waals surface area contributed by atoms with Crippen molar-refractivity contribution >= 4 is 17.5 Å². The maximum atomic E-state index is 13.0. The van der Waals surface area contributed by atoms with Gasteiger partial charge in [-0.1, -0.05) is 32.1 Å². The van der Waals surface area contributed by atoms with Gasteiger partial charge in [0.1, 0.15) is 11.9 Å². The molecule has 3 amide bonds. The highest BCUT2D eigenvalue weighted by molar-refractivity contribution is 5.86. The van der Waals surface area contributed by atoms with Crippen LogP contribution in [0.4, 0.5) is 9.18 Å².